The highest BCUT2D eigenvalue weighted by Crippen LogP contribution is 2.33. The molecular weight excluding hydrogens is 489 g/mol. The molecule has 0 radical (unpaired) electrons. The largest absolute Gasteiger partial charge is 0.484 e. The number of fused-ring (bicyclic) bond motifs is 1. The van der Waals surface area contributed by atoms with Gasteiger partial charge in [0.25, 0.3) is 5.91 Å². The second-order valence-corrected chi connectivity index (χ2v) is 8.65. The lowest BCUT2D eigenvalue weighted by atomic mass is 9.98. The van der Waals surface area contributed by atoms with Gasteiger partial charge >= 0.3 is 0 Å². The Balaban J connectivity index is 1.29. The number of hydrogen-bond donors (Lipinski definition) is 1. The highest BCUT2D eigenvalue weighted by Gasteiger charge is 2.11. The minimum absolute atomic E-state index is 0.235. The maximum atomic E-state index is 13.6. The monoisotopic (exact) mass is 509 g/mol. The molecule has 1 heterocycles. The van der Waals surface area contributed by atoms with Crippen LogP contribution in [0.2, 0.25) is 5.02 Å². The molecule has 1 amide bonds. The smallest absolute Gasteiger partial charge is 0.277 e. The van der Waals surface area contributed by atoms with Crippen LogP contribution in [0.4, 0.5) is 4.39 Å². The van der Waals surface area contributed by atoms with Crippen molar-refractivity contribution in [1.29, 1.82) is 0 Å². The lowest BCUT2D eigenvalue weighted by molar-refractivity contribution is -0.123. The average molecular weight is 510 g/mol. The summed E-state index contributed by atoms with van der Waals surface area (Å²) in [4.78, 5) is 16.9. The summed E-state index contributed by atoms with van der Waals surface area (Å²) in [6, 6.07) is 31.3. The van der Waals surface area contributed by atoms with Gasteiger partial charge in [0.1, 0.15) is 11.6 Å². The van der Waals surface area contributed by atoms with E-state index in [9.17, 15) is 9.18 Å². The van der Waals surface area contributed by atoms with Crippen molar-refractivity contribution in [3.05, 3.63) is 120 Å². The SMILES string of the molecule is O=C(COc1ccc(-c2cc(-c3ccccc3)c3cc(Cl)ccc3n2)cc1)NN=Cc1ccccc1F. The predicted octanol–water partition coefficient (Wildman–Crippen LogP) is 6.89. The molecular formula is C30H21ClFN3O2. The highest BCUT2D eigenvalue weighted by atomic mass is 35.5. The molecule has 0 aliphatic rings. The van der Waals surface area contributed by atoms with Crippen LogP contribution in [0.25, 0.3) is 33.3 Å². The zero-order chi connectivity index (χ0) is 25.6. The first kappa shape index (κ1) is 24.2. The molecule has 5 aromatic rings. The van der Waals surface area contributed by atoms with E-state index in [1.165, 1.54) is 12.3 Å². The number of halogens is 2. The van der Waals surface area contributed by atoms with E-state index in [-0.39, 0.29) is 12.2 Å². The number of carbonyl (C=O) groups is 1. The quantitative estimate of drug-likeness (QED) is 0.192. The number of aromatic nitrogens is 1. The van der Waals surface area contributed by atoms with Gasteiger partial charge in [-0.15, -0.1) is 0 Å². The Morgan fingerprint density at radius 2 is 1.68 bits per heavy atom. The van der Waals surface area contributed by atoms with Crippen LogP contribution < -0.4 is 10.2 Å². The molecule has 1 N–H and O–H groups in total. The second-order valence-electron chi connectivity index (χ2n) is 8.21. The number of nitrogens with one attached hydrogen (secondary N) is 1. The minimum atomic E-state index is -0.459. The maximum Gasteiger partial charge on any atom is 0.277 e. The number of nitrogens with zero attached hydrogens (tertiary/aromatic N) is 2. The third-order valence-electron chi connectivity index (χ3n) is 5.67. The third kappa shape index (κ3) is 5.82. The summed E-state index contributed by atoms with van der Waals surface area (Å²) in [5.74, 6) is -0.357. The van der Waals surface area contributed by atoms with Gasteiger partial charge in [0.15, 0.2) is 6.61 Å². The van der Waals surface area contributed by atoms with Crippen LogP contribution in [-0.2, 0) is 4.79 Å². The van der Waals surface area contributed by atoms with E-state index < -0.39 is 11.7 Å². The van der Waals surface area contributed by atoms with E-state index in [2.05, 4.69) is 22.7 Å². The molecule has 0 bridgehead atoms. The summed E-state index contributed by atoms with van der Waals surface area (Å²) in [6.45, 7) is -0.235. The van der Waals surface area contributed by atoms with Gasteiger partial charge in [0, 0.05) is 21.5 Å². The maximum absolute atomic E-state index is 13.6. The molecule has 1 aromatic heterocycles. The Hall–Kier alpha value is -4.55. The van der Waals surface area contributed by atoms with Crippen molar-refractivity contribution in [2.45, 2.75) is 0 Å². The van der Waals surface area contributed by atoms with Crippen molar-refractivity contribution < 1.29 is 13.9 Å². The zero-order valence-electron chi connectivity index (χ0n) is 19.6. The Labute approximate surface area is 218 Å². The summed E-state index contributed by atoms with van der Waals surface area (Å²) >= 11 is 6.27. The number of hydrogen-bond acceptors (Lipinski definition) is 4. The van der Waals surface area contributed by atoms with Crippen LogP contribution in [0.5, 0.6) is 5.75 Å². The van der Waals surface area contributed by atoms with Crippen molar-refractivity contribution in [2.75, 3.05) is 6.61 Å². The van der Waals surface area contributed by atoms with Crippen LogP contribution in [0, 0.1) is 5.82 Å². The van der Waals surface area contributed by atoms with Gasteiger partial charge in [0.05, 0.1) is 17.4 Å². The fraction of sp³-hybridized carbons (Fsp3) is 0.0333. The van der Waals surface area contributed by atoms with Crippen molar-refractivity contribution in [3.8, 4) is 28.1 Å². The van der Waals surface area contributed by atoms with Crippen LogP contribution >= 0.6 is 11.6 Å². The zero-order valence-corrected chi connectivity index (χ0v) is 20.3. The average Bonchev–Trinajstić information content (AvgIpc) is 2.93. The third-order valence-corrected chi connectivity index (χ3v) is 5.91. The first-order valence-electron chi connectivity index (χ1n) is 11.5. The van der Waals surface area contributed by atoms with E-state index in [1.54, 1.807) is 30.3 Å². The van der Waals surface area contributed by atoms with E-state index in [0.717, 1.165) is 33.3 Å². The normalized spacial score (nSPS) is 11.1. The number of hydrazone groups is 1. The Morgan fingerprint density at radius 1 is 0.919 bits per heavy atom. The van der Waals surface area contributed by atoms with Crippen LogP contribution in [0.1, 0.15) is 5.56 Å². The lowest BCUT2D eigenvalue weighted by Gasteiger charge is -2.11. The summed E-state index contributed by atoms with van der Waals surface area (Å²) in [5, 5.41) is 5.40. The fourth-order valence-corrected chi connectivity index (χ4v) is 4.03. The van der Waals surface area contributed by atoms with Crippen LogP contribution in [-0.4, -0.2) is 23.7 Å². The Bertz CT molecular complexity index is 1590. The van der Waals surface area contributed by atoms with E-state index in [0.29, 0.717) is 10.8 Å². The molecule has 37 heavy (non-hydrogen) atoms. The summed E-state index contributed by atoms with van der Waals surface area (Å²) in [7, 11) is 0. The van der Waals surface area contributed by atoms with Crippen LogP contribution in [0.15, 0.2) is 108 Å². The molecule has 5 rings (SSSR count). The summed E-state index contributed by atoms with van der Waals surface area (Å²) < 4.78 is 19.2. The molecule has 0 saturated carbocycles. The van der Waals surface area contributed by atoms with Gasteiger partial charge in [-0.25, -0.2) is 14.8 Å². The van der Waals surface area contributed by atoms with Crippen molar-refractivity contribution in [1.82, 2.24) is 10.4 Å². The number of amides is 1. The molecule has 0 aliphatic heterocycles. The summed E-state index contributed by atoms with van der Waals surface area (Å²) in [6.07, 6.45) is 1.25. The molecule has 4 aromatic carbocycles. The summed E-state index contributed by atoms with van der Waals surface area (Å²) in [5.41, 5.74) is 7.27. The molecule has 0 spiro atoms. The number of carbonyl (C=O) groups excluding carboxylic acids is 1. The number of ether oxygens (including phenoxy) is 1. The van der Waals surface area contributed by atoms with Crippen molar-refractivity contribution >= 4 is 34.6 Å². The highest BCUT2D eigenvalue weighted by molar-refractivity contribution is 6.31. The topological polar surface area (TPSA) is 63.6 Å². The van der Waals surface area contributed by atoms with Gasteiger partial charge in [-0.05, 0) is 65.7 Å². The fourth-order valence-electron chi connectivity index (χ4n) is 3.86. The van der Waals surface area contributed by atoms with Gasteiger partial charge in [-0.3, -0.25) is 4.79 Å². The molecule has 5 nitrogen and oxygen atoms in total. The number of rotatable bonds is 7. The number of pyridine rings is 1. The first-order valence-corrected chi connectivity index (χ1v) is 11.9. The van der Waals surface area contributed by atoms with E-state index in [1.807, 2.05) is 54.6 Å². The standard InChI is InChI=1S/C30H21ClFN3O2/c31-23-12-15-28-26(16-23)25(20-6-2-1-3-7-20)17-29(34-28)21-10-13-24(14-11-21)37-19-30(36)35-33-18-22-8-4-5-9-27(22)32/h1-18H,19H2,(H,35,36). The van der Waals surface area contributed by atoms with Crippen molar-refractivity contribution in [3.63, 3.8) is 0 Å². The Kier molecular flexibility index (Phi) is 7.19. The second kappa shape index (κ2) is 11.0. The molecule has 182 valence electrons. The molecule has 0 aliphatic carbocycles. The number of benzene rings is 4. The van der Waals surface area contributed by atoms with E-state index in [4.69, 9.17) is 21.3 Å². The molecule has 0 unspecified atom stereocenters. The Morgan fingerprint density at radius 3 is 2.46 bits per heavy atom. The van der Waals surface area contributed by atoms with Gasteiger partial charge < -0.3 is 4.74 Å². The molecule has 0 atom stereocenters. The predicted molar refractivity (Wildman–Crippen MR) is 145 cm³/mol. The van der Waals surface area contributed by atoms with E-state index >= 15 is 0 Å². The minimum Gasteiger partial charge on any atom is -0.484 e. The molecule has 7 heteroatoms. The van der Waals surface area contributed by atoms with Gasteiger partial charge in [-0.1, -0.05) is 60.1 Å². The molecule has 0 fully saturated rings. The van der Waals surface area contributed by atoms with Crippen LogP contribution in [0.3, 0.4) is 0 Å². The van der Waals surface area contributed by atoms with Crippen molar-refractivity contribution in [2.24, 2.45) is 5.10 Å². The van der Waals surface area contributed by atoms with Gasteiger partial charge in [0.2, 0.25) is 0 Å². The van der Waals surface area contributed by atoms with Gasteiger partial charge in [-0.2, -0.15) is 5.10 Å². The lowest BCUT2D eigenvalue weighted by Crippen LogP contribution is -2.24. The molecule has 0 saturated heterocycles. The first-order chi connectivity index (χ1) is 18.1.